The molecule has 0 unspecified atom stereocenters. The van der Waals surface area contributed by atoms with E-state index in [1.54, 1.807) is 29.2 Å². The molecule has 8 heteroatoms. The number of nitrogens with one attached hydrogen (secondary N) is 2. The molecule has 1 saturated heterocycles. The maximum Gasteiger partial charge on any atom is 0.318 e. The fourth-order valence-electron chi connectivity index (χ4n) is 5.14. The first-order chi connectivity index (χ1) is 17.0. The maximum absolute atomic E-state index is 14.1. The third-order valence-corrected chi connectivity index (χ3v) is 6.80. The Labute approximate surface area is 202 Å². The van der Waals surface area contributed by atoms with E-state index in [1.165, 1.54) is 12.1 Å². The summed E-state index contributed by atoms with van der Waals surface area (Å²) in [6, 6.07) is 19.4. The van der Waals surface area contributed by atoms with Gasteiger partial charge in [0.1, 0.15) is 11.9 Å². The molecular weight excluding hydrogens is 447 g/mol. The van der Waals surface area contributed by atoms with Crippen molar-refractivity contribution in [2.24, 2.45) is 5.92 Å². The third-order valence-electron chi connectivity index (χ3n) is 6.80. The number of para-hydroxylation sites is 1. The molecule has 2 aliphatic rings. The molecule has 0 radical (unpaired) electrons. The number of aromatic nitrogens is 1. The van der Waals surface area contributed by atoms with Crippen LogP contribution in [-0.2, 0) is 17.8 Å². The predicted octanol–water partition coefficient (Wildman–Crippen LogP) is 3.37. The fourth-order valence-corrected chi connectivity index (χ4v) is 5.14. The molecule has 3 heterocycles. The van der Waals surface area contributed by atoms with Crippen molar-refractivity contribution in [3.8, 4) is 0 Å². The molecule has 180 valence electrons. The zero-order valence-corrected chi connectivity index (χ0v) is 19.2. The third kappa shape index (κ3) is 4.96. The number of hydrogen-bond acceptors (Lipinski definition) is 3. The lowest BCUT2D eigenvalue weighted by Gasteiger charge is -2.43. The van der Waals surface area contributed by atoms with Gasteiger partial charge >= 0.3 is 6.03 Å². The van der Waals surface area contributed by atoms with Gasteiger partial charge in [-0.15, -0.1) is 0 Å². The van der Waals surface area contributed by atoms with Crippen LogP contribution in [0.2, 0.25) is 0 Å². The van der Waals surface area contributed by atoms with E-state index in [0.29, 0.717) is 19.6 Å². The number of carbonyl (C=O) groups is 2. The summed E-state index contributed by atoms with van der Waals surface area (Å²) in [5.41, 5.74) is 1.89. The monoisotopic (exact) mass is 474 g/mol. The molecule has 1 aromatic heterocycles. The molecule has 5 rings (SSSR count). The van der Waals surface area contributed by atoms with E-state index < -0.39 is 17.8 Å². The summed E-state index contributed by atoms with van der Waals surface area (Å²) in [5, 5.41) is 5.50. The van der Waals surface area contributed by atoms with Crippen LogP contribution in [0.4, 0.5) is 14.9 Å². The Morgan fingerprint density at radius 3 is 2.51 bits per heavy atom. The van der Waals surface area contributed by atoms with Crippen molar-refractivity contribution < 1.29 is 14.0 Å². The summed E-state index contributed by atoms with van der Waals surface area (Å²) in [6.45, 7) is 1.56. The zero-order chi connectivity index (χ0) is 24.4. The van der Waals surface area contributed by atoms with Gasteiger partial charge < -0.3 is 20.1 Å². The minimum Gasteiger partial charge on any atom is -0.326 e. The number of carbonyl (C=O) groups excluding carboxylic acids is 2. The van der Waals surface area contributed by atoms with Crippen LogP contribution in [0.1, 0.15) is 23.6 Å². The number of amides is 3. The minimum atomic E-state index is -0.888. The van der Waals surface area contributed by atoms with E-state index in [9.17, 15) is 18.8 Å². The Hall–Kier alpha value is -3.94. The molecule has 2 N–H and O–H groups in total. The van der Waals surface area contributed by atoms with Crippen LogP contribution in [0.3, 0.4) is 0 Å². The average Bonchev–Trinajstić information content (AvgIpc) is 2.86. The van der Waals surface area contributed by atoms with E-state index >= 15 is 0 Å². The fraction of sp³-hybridized carbons (Fsp3) is 0.296. The minimum absolute atomic E-state index is 0.0113. The molecule has 3 aromatic rings. The van der Waals surface area contributed by atoms with Crippen molar-refractivity contribution in [1.29, 1.82) is 0 Å². The van der Waals surface area contributed by atoms with Gasteiger partial charge in [-0.05, 0) is 36.1 Å². The van der Waals surface area contributed by atoms with E-state index in [1.807, 2.05) is 41.0 Å². The van der Waals surface area contributed by atoms with Gasteiger partial charge in [-0.3, -0.25) is 9.59 Å². The molecule has 2 bridgehead atoms. The second-order valence-corrected chi connectivity index (χ2v) is 9.26. The van der Waals surface area contributed by atoms with E-state index in [0.717, 1.165) is 17.7 Å². The van der Waals surface area contributed by atoms with Crippen molar-refractivity contribution in [2.75, 3.05) is 18.4 Å². The van der Waals surface area contributed by atoms with Crippen LogP contribution in [-0.4, -0.2) is 40.5 Å². The van der Waals surface area contributed by atoms with Gasteiger partial charge in [0, 0.05) is 43.7 Å². The molecule has 0 saturated carbocycles. The summed E-state index contributed by atoms with van der Waals surface area (Å²) < 4.78 is 16.0. The highest BCUT2D eigenvalue weighted by atomic mass is 19.1. The van der Waals surface area contributed by atoms with E-state index in [4.69, 9.17) is 0 Å². The topological polar surface area (TPSA) is 83.4 Å². The number of urea groups is 1. The molecule has 3 atom stereocenters. The SMILES string of the molecule is O=C(Nc1ccccc1F)[C@H](Cc1ccccc1)NC(=O)N1C[C@@H]2C[C@H](C1)c1cccc(=O)n1C2. The summed E-state index contributed by atoms with van der Waals surface area (Å²) in [5.74, 6) is -0.779. The second-order valence-electron chi connectivity index (χ2n) is 9.26. The average molecular weight is 475 g/mol. The lowest BCUT2D eigenvalue weighted by atomic mass is 9.83. The van der Waals surface area contributed by atoms with Gasteiger partial charge in [0.2, 0.25) is 5.91 Å². The van der Waals surface area contributed by atoms with Crippen LogP contribution < -0.4 is 16.2 Å². The van der Waals surface area contributed by atoms with Crippen LogP contribution in [0.15, 0.2) is 77.6 Å². The van der Waals surface area contributed by atoms with Crippen molar-refractivity contribution in [2.45, 2.75) is 31.3 Å². The van der Waals surface area contributed by atoms with E-state index in [-0.39, 0.29) is 35.5 Å². The summed E-state index contributed by atoms with van der Waals surface area (Å²) >= 11 is 0. The number of benzene rings is 2. The number of fused-ring (bicyclic) bond motifs is 4. The molecule has 0 aliphatic carbocycles. The lowest BCUT2D eigenvalue weighted by Crippen LogP contribution is -2.55. The van der Waals surface area contributed by atoms with Gasteiger partial charge in [-0.1, -0.05) is 48.5 Å². The number of pyridine rings is 1. The number of nitrogens with zero attached hydrogens (tertiary/aromatic N) is 2. The van der Waals surface area contributed by atoms with Crippen molar-refractivity contribution in [3.05, 3.63) is 100 Å². The quantitative estimate of drug-likeness (QED) is 0.595. The van der Waals surface area contributed by atoms with Crippen molar-refractivity contribution in [1.82, 2.24) is 14.8 Å². The van der Waals surface area contributed by atoms with Gasteiger partial charge in [-0.25, -0.2) is 9.18 Å². The smallest absolute Gasteiger partial charge is 0.318 e. The molecule has 1 fully saturated rings. The van der Waals surface area contributed by atoms with E-state index in [2.05, 4.69) is 10.6 Å². The highest BCUT2D eigenvalue weighted by Gasteiger charge is 2.37. The predicted molar refractivity (Wildman–Crippen MR) is 131 cm³/mol. The molecular formula is C27H27FN4O3. The first-order valence-corrected chi connectivity index (χ1v) is 11.8. The summed E-state index contributed by atoms with van der Waals surface area (Å²) in [7, 11) is 0. The molecule has 3 amide bonds. The Kier molecular flexibility index (Phi) is 6.35. The molecule has 0 spiro atoms. The number of likely N-dealkylation sites (tertiary alicyclic amines) is 1. The number of halogens is 1. The normalized spacial score (nSPS) is 19.4. The Morgan fingerprint density at radius 1 is 0.943 bits per heavy atom. The highest BCUT2D eigenvalue weighted by molar-refractivity contribution is 5.97. The number of piperidine rings is 1. The molecule has 7 nitrogen and oxygen atoms in total. The summed E-state index contributed by atoms with van der Waals surface area (Å²) in [6.07, 6.45) is 1.19. The van der Waals surface area contributed by atoms with Crippen LogP contribution in [0.25, 0.3) is 0 Å². The highest BCUT2D eigenvalue weighted by Crippen LogP contribution is 2.34. The largest absolute Gasteiger partial charge is 0.326 e. The number of anilines is 1. The first-order valence-electron chi connectivity index (χ1n) is 11.8. The van der Waals surface area contributed by atoms with Crippen LogP contribution >= 0.6 is 0 Å². The van der Waals surface area contributed by atoms with Gasteiger partial charge in [0.15, 0.2) is 0 Å². The summed E-state index contributed by atoms with van der Waals surface area (Å²) in [4.78, 5) is 40.5. The molecule has 2 aromatic carbocycles. The Morgan fingerprint density at radius 2 is 1.71 bits per heavy atom. The first kappa shape index (κ1) is 22.8. The number of hydrogen-bond donors (Lipinski definition) is 2. The molecule has 2 aliphatic heterocycles. The molecule has 35 heavy (non-hydrogen) atoms. The maximum atomic E-state index is 14.1. The lowest BCUT2D eigenvalue weighted by molar-refractivity contribution is -0.118. The van der Waals surface area contributed by atoms with Gasteiger partial charge in [-0.2, -0.15) is 0 Å². The van der Waals surface area contributed by atoms with Crippen molar-refractivity contribution >= 4 is 17.6 Å². The number of rotatable bonds is 5. The van der Waals surface area contributed by atoms with Gasteiger partial charge in [0.25, 0.3) is 5.56 Å². The van der Waals surface area contributed by atoms with Crippen LogP contribution in [0.5, 0.6) is 0 Å². The Bertz CT molecular complexity index is 1290. The van der Waals surface area contributed by atoms with Gasteiger partial charge in [0.05, 0.1) is 5.69 Å². The Balaban J connectivity index is 1.33. The standard InChI is InChI=1S/C27H27FN4O3/c28-21-9-4-5-10-22(21)29-26(34)23(14-18-7-2-1-3-8-18)30-27(35)31-15-19-13-20(17-31)24-11-6-12-25(33)32(24)16-19/h1-12,19-20,23H,13-17H2,(H,29,34)(H,30,35)/t19-,20+,23-/m0/s1. The van der Waals surface area contributed by atoms with Crippen molar-refractivity contribution in [3.63, 3.8) is 0 Å². The second kappa shape index (κ2) is 9.74. The zero-order valence-electron chi connectivity index (χ0n) is 19.2. The van der Waals surface area contributed by atoms with Crippen LogP contribution in [0, 0.1) is 11.7 Å².